The summed E-state index contributed by atoms with van der Waals surface area (Å²) in [5, 5.41) is 21.8. The van der Waals surface area contributed by atoms with E-state index in [0.29, 0.717) is 16.3 Å². The van der Waals surface area contributed by atoms with Crippen molar-refractivity contribution in [3.05, 3.63) is 62.7 Å². The Morgan fingerprint density at radius 3 is 2.08 bits per heavy atom. The van der Waals surface area contributed by atoms with E-state index in [9.17, 15) is 28.6 Å². The first-order valence-corrected chi connectivity index (χ1v) is 8.63. The molecule has 0 saturated carbocycles. The van der Waals surface area contributed by atoms with Crippen molar-refractivity contribution < 1.29 is 18.3 Å². The minimum Gasteiger partial charge on any atom is -0.258 e. The number of non-ortho nitro benzene ring substituents is 2. The van der Waals surface area contributed by atoms with Crippen molar-refractivity contribution in [1.82, 2.24) is 4.98 Å². The second-order valence-corrected chi connectivity index (χ2v) is 7.80. The lowest BCUT2D eigenvalue weighted by molar-refractivity contribution is -0.394. The van der Waals surface area contributed by atoms with Crippen molar-refractivity contribution in [2.75, 3.05) is 0 Å². The summed E-state index contributed by atoms with van der Waals surface area (Å²) in [7, 11) is -4.21. The van der Waals surface area contributed by atoms with Crippen LogP contribution in [0.2, 0.25) is 0 Å². The van der Waals surface area contributed by atoms with Gasteiger partial charge in [-0.3, -0.25) is 20.2 Å². The zero-order valence-electron chi connectivity index (χ0n) is 11.6. The van der Waals surface area contributed by atoms with Gasteiger partial charge in [0.05, 0.1) is 31.0 Å². The predicted molar refractivity (Wildman–Crippen MR) is 84.8 cm³/mol. The number of nitrogens with zero attached hydrogens (tertiary/aromatic N) is 3. The summed E-state index contributed by atoms with van der Waals surface area (Å²) in [5.74, 6) is 0. The maximum atomic E-state index is 12.7. The van der Waals surface area contributed by atoms with Crippen molar-refractivity contribution in [3.8, 4) is 0 Å². The topological polar surface area (TPSA) is 133 Å². The minimum absolute atomic E-state index is 0.279. The van der Waals surface area contributed by atoms with Gasteiger partial charge in [0, 0.05) is 12.1 Å². The largest absolute Gasteiger partial charge is 0.277 e. The number of nitro benzene ring substituents is 2. The Hall–Kier alpha value is -2.92. The highest BCUT2D eigenvalue weighted by atomic mass is 32.2. The van der Waals surface area contributed by atoms with Gasteiger partial charge < -0.3 is 0 Å². The quantitative estimate of drug-likeness (QED) is 0.512. The second kappa shape index (κ2) is 5.62. The molecule has 3 aromatic rings. The van der Waals surface area contributed by atoms with E-state index in [1.165, 1.54) is 0 Å². The smallest absolute Gasteiger partial charge is 0.258 e. The van der Waals surface area contributed by atoms with Crippen LogP contribution in [0.25, 0.3) is 10.2 Å². The van der Waals surface area contributed by atoms with Gasteiger partial charge in [0.15, 0.2) is 0 Å². The Bertz CT molecular complexity index is 1020. The average molecular weight is 365 g/mol. The molecule has 11 heteroatoms. The van der Waals surface area contributed by atoms with E-state index in [0.717, 1.165) is 23.5 Å². The molecule has 0 amide bonds. The van der Waals surface area contributed by atoms with E-state index >= 15 is 0 Å². The van der Waals surface area contributed by atoms with Crippen LogP contribution in [0.4, 0.5) is 11.4 Å². The van der Waals surface area contributed by atoms with E-state index in [4.69, 9.17) is 0 Å². The van der Waals surface area contributed by atoms with Crippen LogP contribution in [-0.2, 0) is 9.84 Å². The maximum absolute atomic E-state index is 12.7. The van der Waals surface area contributed by atoms with Crippen molar-refractivity contribution in [2.45, 2.75) is 9.24 Å². The summed E-state index contributed by atoms with van der Waals surface area (Å²) in [6, 6.07) is 8.99. The molecule has 0 aliphatic carbocycles. The van der Waals surface area contributed by atoms with Crippen LogP contribution < -0.4 is 0 Å². The Labute approximate surface area is 138 Å². The fourth-order valence-corrected chi connectivity index (χ4v) is 4.67. The van der Waals surface area contributed by atoms with Crippen LogP contribution in [0, 0.1) is 20.2 Å². The third-order valence-electron chi connectivity index (χ3n) is 3.11. The highest BCUT2D eigenvalue weighted by molar-refractivity contribution is 7.93. The van der Waals surface area contributed by atoms with Crippen molar-refractivity contribution in [3.63, 3.8) is 0 Å². The van der Waals surface area contributed by atoms with Crippen LogP contribution >= 0.6 is 11.3 Å². The summed E-state index contributed by atoms with van der Waals surface area (Å²) in [6.07, 6.45) is 0. The van der Waals surface area contributed by atoms with Crippen LogP contribution in [-0.4, -0.2) is 23.2 Å². The molecule has 24 heavy (non-hydrogen) atoms. The van der Waals surface area contributed by atoms with E-state index in [1.54, 1.807) is 24.3 Å². The number of thiazole rings is 1. The van der Waals surface area contributed by atoms with Crippen LogP contribution in [0.3, 0.4) is 0 Å². The van der Waals surface area contributed by atoms with Gasteiger partial charge in [-0.15, -0.1) is 11.3 Å². The first kappa shape index (κ1) is 16.0. The average Bonchev–Trinajstić information content (AvgIpc) is 2.99. The van der Waals surface area contributed by atoms with Crippen molar-refractivity contribution >= 4 is 42.8 Å². The van der Waals surface area contributed by atoms with Gasteiger partial charge in [0.1, 0.15) is 0 Å². The first-order chi connectivity index (χ1) is 11.3. The Balaban J connectivity index is 2.22. The molecule has 0 aliphatic rings. The SMILES string of the molecule is O=[N+]([O-])c1cc([N+](=O)[O-])cc(S(=O)(=O)c2nc3ccccc3s2)c1. The lowest BCUT2D eigenvalue weighted by atomic mass is 10.3. The number of aromatic nitrogens is 1. The molecule has 1 heterocycles. The third-order valence-corrected chi connectivity index (χ3v) is 6.26. The lowest BCUT2D eigenvalue weighted by Gasteiger charge is -2.01. The molecule has 0 N–H and O–H groups in total. The molecule has 122 valence electrons. The Morgan fingerprint density at radius 2 is 1.54 bits per heavy atom. The molecule has 0 bridgehead atoms. The number of fused-ring (bicyclic) bond motifs is 1. The molecule has 9 nitrogen and oxygen atoms in total. The number of hydrogen-bond acceptors (Lipinski definition) is 8. The molecule has 0 aliphatic heterocycles. The fraction of sp³-hybridized carbons (Fsp3) is 0. The van der Waals surface area contributed by atoms with Crippen molar-refractivity contribution in [2.24, 2.45) is 0 Å². The molecule has 0 saturated heterocycles. The maximum Gasteiger partial charge on any atom is 0.277 e. The standard InChI is InChI=1S/C13H7N3O6S2/c17-15(18)8-5-9(16(19)20)7-10(6-8)24(21,22)13-14-11-3-1-2-4-12(11)23-13/h1-7H. The normalized spacial score (nSPS) is 11.5. The van der Waals surface area contributed by atoms with E-state index in [-0.39, 0.29) is 4.34 Å². The molecular formula is C13H7N3O6S2. The van der Waals surface area contributed by atoms with Gasteiger partial charge in [-0.2, -0.15) is 0 Å². The zero-order valence-corrected chi connectivity index (χ0v) is 13.3. The summed E-state index contributed by atoms with van der Waals surface area (Å²) in [4.78, 5) is 23.5. The number of nitro groups is 2. The summed E-state index contributed by atoms with van der Waals surface area (Å²) in [5.41, 5.74) is -0.895. The molecule has 3 rings (SSSR count). The van der Waals surface area contributed by atoms with E-state index in [2.05, 4.69) is 4.98 Å². The van der Waals surface area contributed by atoms with Crippen LogP contribution in [0.5, 0.6) is 0 Å². The number of para-hydroxylation sites is 1. The molecule has 0 atom stereocenters. The molecule has 0 unspecified atom stereocenters. The lowest BCUT2D eigenvalue weighted by Crippen LogP contribution is -2.04. The van der Waals surface area contributed by atoms with Gasteiger partial charge in [-0.05, 0) is 12.1 Å². The minimum atomic E-state index is -4.21. The van der Waals surface area contributed by atoms with Gasteiger partial charge in [0.2, 0.25) is 14.2 Å². The monoisotopic (exact) mass is 365 g/mol. The van der Waals surface area contributed by atoms with Crippen LogP contribution in [0.15, 0.2) is 51.7 Å². The third kappa shape index (κ3) is 2.70. The van der Waals surface area contributed by atoms with Gasteiger partial charge in [0.25, 0.3) is 11.4 Å². The zero-order chi connectivity index (χ0) is 17.5. The van der Waals surface area contributed by atoms with Gasteiger partial charge in [-0.1, -0.05) is 12.1 Å². The molecule has 0 radical (unpaired) electrons. The second-order valence-electron chi connectivity index (χ2n) is 4.65. The Kier molecular flexibility index (Phi) is 3.73. The first-order valence-electron chi connectivity index (χ1n) is 6.33. The Morgan fingerprint density at radius 1 is 0.958 bits per heavy atom. The molecule has 0 fully saturated rings. The number of hydrogen-bond donors (Lipinski definition) is 0. The fourth-order valence-electron chi connectivity index (χ4n) is 2.00. The van der Waals surface area contributed by atoms with Crippen molar-refractivity contribution in [1.29, 1.82) is 0 Å². The number of rotatable bonds is 4. The highest BCUT2D eigenvalue weighted by Gasteiger charge is 2.27. The van der Waals surface area contributed by atoms with Gasteiger partial charge in [-0.25, -0.2) is 13.4 Å². The summed E-state index contributed by atoms with van der Waals surface area (Å²) in [6.45, 7) is 0. The highest BCUT2D eigenvalue weighted by Crippen LogP contribution is 2.33. The van der Waals surface area contributed by atoms with Gasteiger partial charge >= 0.3 is 0 Å². The summed E-state index contributed by atoms with van der Waals surface area (Å²) < 4.78 is 25.7. The molecule has 0 spiro atoms. The molecule has 1 aromatic heterocycles. The van der Waals surface area contributed by atoms with Crippen LogP contribution in [0.1, 0.15) is 0 Å². The summed E-state index contributed by atoms with van der Waals surface area (Å²) >= 11 is 0.889. The van der Waals surface area contributed by atoms with E-state index in [1.807, 2.05) is 0 Å². The number of benzene rings is 2. The number of sulfone groups is 1. The van der Waals surface area contributed by atoms with E-state index < -0.39 is 36.0 Å². The molecule has 2 aromatic carbocycles. The predicted octanol–water partition coefficient (Wildman–Crippen LogP) is 2.95. The molecular weight excluding hydrogens is 358 g/mol.